The minimum Gasteiger partial charge on any atom is -0.469 e. The topological polar surface area (TPSA) is 59.1 Å². The fourth-order valence-corrected chi connectivity index (χ4v) is 4.54. The van der Waals surface area contributed by atoms with Gasteiger partial charge in [-0.25, -0.2) is 4.79 Å². The second kappa shape index (κ2) is 9.08. The maximum Gasteiger partial charge on any atom is 0.414 e. The highest BCUT2D eigenvalue weighted by atomic mass is 16.6. The molecule has 2 aliphatic heterocycles. The van der Waals surface area contributed by atoms with E-state index in [1.54, 1.807) is 17.0 Å². The molecule has 0 aromatic heterocycles. The van der Waals surface area contributed by atoms with Crippen LogP contribution in [0.5, 0.6) is 5.75 Å². The Morgan fingerprint density at radius 1 is 1.00 bits per heavy atom. The summed E-state index contributed by atoms with van der Waals surface area (Å²) in [6.07, 6.45) is -1.19. The summed E-state index contributed by atoms with van der Waals surface area (Å²) in [5, 5.41) is 0. The van der Waals surface area contributed by atoms with Crippen molar-refractivity contribution in [2.75, 3.05) is 13.2 Å². The van der Waals surface area contributed by atoms with E-state index in [9.17, 15) is 9.59 Å². The Hall–Kier alpha value is -3.64. The van der Waals surface area contributed by atoms with Crippen molar-refractivity contribution >= 4 is 11.9 Å². The van der Waals surface area contributed by atoms with Crippen LogP contribution in [-0.4, -0.2) is 41.1 Å². The van der Waals surface area contributed by atoms with Gasteiger partial charge in [0.1, 0.15) is 12.4 Å². The molecule has 168 valence electrons. The quantitative estimate of drug-likeness (QED) is 0.577. The zero-order chi connectivity index (χ0) is 22.8. The second-order valence-electron chi connectivity index (χ2n) is 8.48. The number of rotatable bonds is 4. The lowest BCUT2D eigenvalue weighted by atomic mass is 9.89. The number of carbonyl (C=O) groups is 2. The highest BCUT2D eigenvalue weighted by Gasteiger charge is 2.48. The molecule has 0 aliphatic carbocycles. The molecular weight excluding hydrogens is 416 g/mol. The van der Waals surface area contributed by atoms with E-state index in [1.165, 1.54) is 0 Å². The van der Waals surface area contributed by atoms with E-state index in [0.29, 0.717) is 24.5 Å². The number of carbonyl (C=O) groups excluding carboxylic acids is 2. The van der Waals surface area contributed by atoms with Gasteiger partial charge >= 0.3 is 6.09 Å². The molecule has 0 saturated carbocycles. The number of fused-ring (bicyclic) bond motifs is 2. The largest absolute Gasteiger partial charge is 0.469 e. The molecule has 0 bridgehead atoms. The van der Waals surface area contributed by atoms with Crippen molar-refractivity contribution in [3.63, 3.8) is 0 Å². The smallest absolute Gasteiger partial charge is 0.414 e. The van der Waals surface area contributed by atoms with Crippen LogP contribution in [0.4, 0.5) is 4.79 Å². The number of ketones is 1. The second-order valence-corrected chi connectivity index (χ2v) is 8.48. The molecule has 6 heteroatoms. The first-order valence-corrected chi connectivity index (χ1v) is 11.2. The fraction of sp³-hybridized carbons (Fsp3) is 0.259. The maximum atomic E-state index is 13.4. The zero-order valence-corrected chi connectivity index (χ0v) is 18.5. The van der Waals surface area contributed by atoms with Gasteiger partial charge in [-0.3, -0.25) is 14.6 Å². The normalized spacial score (nSPS) is 20.9. The fourth-order valence-electron chi connectivity index (χ4n) is 4.54. The minimum absolute atomic E-state index is 0.00679. The SMILES string of the molecule is CC(c1ccccc1)N1CC2C(=O)c3ccccc3OC2N(C(=O)OCc2ccccc2)C1. The molecule has 0 spiro atoms. The Kier molecular flexibility index (Phi) is 5.84. The number of hydrogen-bond acceptors (Lipinski definition) is 5. The van der Waals surface area contributed by atoms with E-state index >= 15 is 0 Å². The van der Waals surface area contributed by atoms with E-state index in [-0.39, 0.29) is 18.4 Å². The molecule has 2 heterocycles. The van der Waals surface area contributed by atoms with Crippen molar-refractivity contribution in [1.82, 2.24) is 9.80 Å². The number of nitrogens with zero attached hydrogens (tertiary/aromatic N) is 2. The molecule has 1 fully saturated rings. The highest BCUT2D eigenvalue weighted by molar-refractivity contribution is 6.02. The molecule has 0 N–H and O–H groups in total. The summed E-state index contributed by atoms with van der Waals surface area (Å²) in [4.78, 5) is 30.3. The Labute approximate surface area is 193 Å². The average Bonchev–Trinajstić information content (AvgIpc) is 2.88. The summed E-state index contributed by atoms with van der Waals surface area (Å²) in [5.41, 5.74) is 2.59. The number of para-hydroxylation sites is 1. The first kappa shape index (κ1) is 21.2. The molecule has 1 saturated heterocycles. The maximum absolute atomic E-state index is 13.4. The van der Waals surface area contributed by atoms with E-state index < -0.39 is 18.2 Å². The molecule has 5 rings (SSSR count). The molecule has 1 amide bonds. The van der Waals surface area contributed by atoms with Crippen LogP contribution in [-0.2, 0) is 11.3 Å². The lowest BCUT2D eigenvalue weighted by Gasteiger charge is -2.48. The number of benzene rings is 3. The van der Waals surface area contributed by atoms with Gasteiger partial charge in [0.05, 0.1) is 18.2 Å². The Morgan fingerprint density at radius 3 is 2.42 bits per heavy atom. The van der Waals surface area contributed by atoms with Crippen LogP contribution in [0.25, 0.3) is 0 Å². The Morgan fingerprint density at radius 2 is 1.67 bits per heavy atom. The third kappa shape index (κ3) is 4.22. The standard InChI is InChI=1S/C27H26N2O4/c1-19(21-12-6-3-7-13-21)28-16-23-25(30)22-14-8-9-15-24(22)33-26(23)29(18-28)27(31)32-17-20-10-4-2-5-11-20/h2-15,19,23,26H,16-18H2,1H3. The lowest BCUT2D eigenvalue weighted by molar-refractivity contribution is -0.0900. The molecule has 3 atom stereocenters. The third-order valence-corrected chi connectivity index (χ3v) is 6.42. The summed E-state index contributed by atoms with van der Waals surface area (Å²) in [7, 11) is 0. The number of ether oxygens (including phenoxy) is 2. The van der Waals surface area contributed by atoms with Crippen LogP contribution in [0, 0.1) is 5.92 Å². The average molecular weight is 443 g/mol. The van der Waals surface area contributed by atoms with Crippen LogP contribution in [0.1, 0.15) is 34.5 Å². The van der Waals surface area contributed by atoms with Gasteiger partial charge in [0, 0.05) is 12.6 Å². The van der Waals surface area contributed by atoms with Crippen molar-refractivity contribution in [1.29, 1.82) is 0 Å². The van der Waals surface area contributed by atoms with E-state index in [4.69, 9.17) is 9.47 Å². The number of hydrogen-bond donors (Lipinski definition) is 0. The monoisotopic (exact) mass is 442 g/mol. The summed E-state index contributed by atoms with van der Waals surface area (Å²) < 4.78 is 11.8. The summed E-state index contributed by atoms with van der Waals surface area (Å²) in [6.45, 7) is 3.05. The van der Waals surface area contributed by atoms with Gasteiger partial charge in [-0.2, -0.15) is 0 Å². The van der Waals surface area contributed by atoms with Crippen LogP contribution in [0.2, 0.25) is 0 Å². The third-order valence-electron chi connectivity index (χ3n) is 6.42. The highest BCUT2D eigenvalue weighted by Crippen LogP contribution is 2.37. The van der Waals surface area contributed by atoms with E-state index in [0.717, 1.165) is 11.1 Å². The predicted molar refractivity (Wildman–Crippen MR) is 124 cm³/mol. The van der Waals surface area contributed by atoms with Crippen LogP contribution in [0.3, 0.4) is 0 Å². The van der Waals surface area contributed by atoms with Gasteiger partial charge in [-0.05, 0) is 30.2 Å². The van der Waals surface area contributed by atoms with Crippen LogP contribution in [0.15, 0.2) is 84.9 Å². The van der Waals surface area contributed by atoms with Crippen molar-refractivity contribution in [3.05, 3.63) is 102 Å². The first-order chi connectivity index (χ1) is 16.1. The minimum atomic E-state index is -0.699. The van der Waals surface area contributed by atoms with Gasteiger partial charge in [-0.15, -0.1) is 0 Å². The molecule has 3 aromatic carbocycles. The van der Waals surface area contributed by atoms with E-state index in [1.807, 2.05) is 60.7 Å². The molecular formula is C27H26N2O4. The predicted octanol–water partition coefficient (Wildman–Crippen LogP) is 4.88. The molecule has 6 nitrogen and oxygen atoms in total. The lowest BCUT2D eigenvalue weighted by Crippen LogP contribution is -2.63. The van der Waals surface area contributed by atoms with Crippen molar-refractivity contribution in [2.24, 2.45) is 5.92 Å². The van der Waals surface area contributed by atoms with Crippen molar-refractivity contribution in [3.8, 4) is 5.75 Å². The Balaban J connectivity index is 1.43. The van der Waals surface area contributed by atoms with Crippen LogP contribution < -0.4 is 4.74 Å². The van der Waals surface area contributed by atoms with E-state index in [2.05, 4.69) is 24.0 Å². The Bertz CT molecular complexity index is 1140. The summed E-state index contributed by atoms with van der Waals surface area (Å²) in [5.74, 6) is 0.00549. The molecule has 33 heavy (non-hydrogen) atoms. The molecule has 2 aliphatic rings. The van der Waals surface area contributed by atoms with Gasteiger partial charge in [0.25, 0.3) is 0 Å². The van der Waals surface area contributed by atoms with Gasteiger partial charge in [-0.1, -0.05) is 72.8 Å². The summed E-state index contributed by atoms with van der Waals surface area (Å²) in [6, 6.07) is 26.9. The van der Waals surface area contributed by atoms with Crippen molar-refractivity contribution < 1.29 is 19.1 Å². The summed E-state index contributed by atoms with van der Waals surface area (Å²) >= 11 is 0. The zero-order valence-electron chi connectivity index (χ0n) is 18.5. The number of Topliss-reactive ketones (excluding diaryl/α,β-unsaturated/α-hetero) is 1. The van der Waals surface area contributed by atoms with Gasteiger partial charge < -0.3 is 9.47 Å². The molecule has 0 radical (unpaired) electrons. The van der Waals surface area contributed by atoms with Gasteiger partial charge in [0.15, 0.2) is 12.0 Å². The van der Waals surface area contributed by atoms with Crippen LogP contribution >= 0.6 is 0 Å². The van der Waals surface area contributed by atoms with Crippen molar-refractivity contribution in [2.45, 2.75) is 25.8 Å². The molecule has 3 unspecified atom stereocenters. The first-order valence-electron chi connectivity index (χ1n) is 11.2. The van der Waals surface area contributed by atoms with Gasteiger partial charge in [0.2, 0.25) is 0 Å². The number of amides is 1. The molecule has 3 aromatic rings.